The SMILES string of the molecule is COC(=O)C1CN(C(=O)c2ccccc2OC)CCO1. The first-order valence-electron chi connectivity index (χ1n) is 6.29. The minimum atomic E-state index is -0.729. The van der Waals surface area contributed by atoms with Crippen molar-refractivity contribution in [3.8, 4) is 5.75 Å². The zero-order chi connectivity index (χ0) is 14.5. The third-order valence-corrected chi connectivity index (χ3v) is 3.16. The summed E-state index contributed by atoms with van der Waals surface area (Å²) >= 11 is 0. The molecule has 1 unspecified atom stereocenters. The second-order valence-electron chi connectivity index (χ2n) is 4.33. The third kappa shape index (κ3) is 2.91. The van der Waals surface area contributed by atoms with Gasteiger partial charge in [0, 0.05) is 6.54 Å². The second-order valence-corrected chi connectivity index (χ2v) is 4.33. The van der Waals surface area contributed by atoms with Crippen molar-refractivity contribution in [3.05, 3.63) is 29.8 Å². The van der Waals surface area contributed by atoms with Crippen LogP contribution in [0.15, 0.2) is 24.3 Å². The molecule has 1 atom stereocenters. The molecule has 1 amide bonds. The Morgan fingerprint density at radius 3 is 2.75 bits per heavy atom. The standard InChI is InChI=1S/C14H17NO5/c1-18-11-6-4-3-5-10(11)13(16)15-7-8-20-12(9-15)14(17)19-2/h3-6,12H,7-9H2,1-2H3. The lowest BCUT2D eigenvalue weighted by Crippen LogP contribution is -2.48. The molecule has 1 aliphatic rings. The van der Waals surface area contributed by atoms with Gasteiger partial charge in [0.15, 0.2) is 6.10 Å². The zero-order valence-electron chi connectivity index (χ0n) is 11.5. The molecule has 20 heavy (non-hydrogen) atoms. The van der Waals surface area contributed by atoms with Crippen molar-refractivity contribution in [2.75, 3.05) is 33.9 Å². The van der Waals surface area contributed by atoms with Gasteiger partial charge in [-0.3, -0.25) is 4.79 Å². The summed E-state index contributed by atoms with van der Waals surface area (Å²) in [4.78, 5) is 25.5. The molecule has 1 aliphatic heterocycles. The summed E-state index contributed by atoms with van der Waals surface area (Å²) in [5.41, 5.74) is 0.473. The van der Waals surface area contributed by atoms with Gasteiger partial charge in [0.2, 0.25) is 0 Å². The van der Waals surface area contributed by atoms with Crippen LogP contribution < -0.4 is 4.74 Å². The van der Waals surface area contributed by atoms with Gasteiger partial charge in [-0.05, 0) is 12.1 Å². The van der Waals surface area contributed by atoms with Gasteiger partial charge in [-0.1, -0.05) is 12.1 Å². The molecule has 0 bridgehead atoms. The van der Waals surface area contributed by atoms with E-state index in [4.69, 9.17) is 9.47 Å². The lowest BCUT2D eigenvalue weighted by molar-refractivity contribution is -0.158. The summed E-state index contributed by atoms with van der Waals surface area (Å²) in [7, 11) is 2.81. The maximum Gasteiger partial charge on any atom is 0.336 e. The number of hydrogen-bond donors (Lipinski definition) is 0. The largest absolute Gasteiger partial charge is 0.496 e. The van der Waals surface area contributed by atoms with Crippen LogP contribution >= 0.6 is 0 Å². The van der Waals surface area contributed by atoms with E-state index >= 15 is 0 Å². The fourth-order valence-corrected chi connectivity index (χ4v) is 2.10. The van der Waals surface area contributed by atoms with E-state index in [9.17, 15) is 9.59 Å². The molecular weight excluding hydrogens is 262 g/mol. The molecule has 1 heterocycles. The van der Waals surface area contributed by atoms with Crippen molar-refractivity contribution in [3.63, 3.8) is 0 Å². The zero-order valence-corrected chi connectivity index (χ0v) is 11.5. The van der Waals surface area contributed by atoms with Crippen molar-refractivity contribution in [2.45, 2.75) is 6.10 Å². The van der Waals surface area contributed by atoms with Crippen LogP contribution in [0, 0.1) is 0 Å². The van der Waals surface area contributed by atoms with Gasteiger partial charge in [-0.25, -0.2) is 4.79 Å². The highest BCUT2D eigenvalue weighted by atomic mass is 16.6. The van der Waals surface area contributed by atoms with Crippen molar-refractivity contribution < 1.29 is 23.8 Å². The van der Waals surface area contributed by atoms with Gasteiger partial charge in [0.05, 0.1) is 32.9 Å². The van der Waals surface area contributed by atoms with Crippen LogP contribution in [0.5, 0.6) is 5.75 Å². The Morgan fingerprint density at radius 1 is 1.30 bits per heavy atom. The molecule has 0 saturated carbocycles. The van der Waals surface area contributed by atoms with E-state index in [-0.39, 0.29) is 12.5 Å². The number of hydrogen-bond acceptors (Lipinski definition) is 5. The van der Waals surface area contributed by atoms with E-state index < -0.39 is 12.1 Å². The number of amides is 1. The Morgan fingerprint density at radius 2 is 2.05 bits per heavy atom. The maximum atomic E-state index is 12.5. The molecule has 1 aromatic carbocycles. The minimum absolute atomic E-state index is 0.181. The highest BCUT2D eigenvalue weighted by molar-refractivity contribution is 5.97. The van der Waals surface area contributed by atoms with Gasteiger partial charge >= 0.3 is 5.97 Å². The first kappa shape index (κ1) is 14.3. The van der Waals surface area contributed by atoms with E-state index in [1.807, 2.05) is 0 Å². The molecule has 0 N–H and O–H groups in total. The number of rotatable bonds is 3. The molecular formula is C14H17NO5. The topological polar surface area (TPSA) is 65.1 Å². The van der Waals surface area contributed by atoms with Crippen molar-refractivity contribution in [1.29, 1.82) is 0 Å². The third-order valence-electron chi connectivity index (χ3n) is 3.16. The van der Waals surface area contributed by atoms with Crippen molar-refractivity contribution in [1.82, 2.24) is 4.90 Å². The van der Waals surface area contributed by atoms with Gasteiger partial charge in [0.1, 0.15) is 5.75 Å². The number of ether oxygens (including phenoxy) is 3. The lowest BCUT2D eigenvalue weighted by atomic mass is 10.1. The molecule has 0 radical (unpaired) electrons. The van der Waals surface area contributed by atoms with E-state index in [0.717, 1.165) is 0 Å². The summed E-state index contributed by atoms with van der Waals surface area (Å²) in [6, 6.07) is 7.00. The van der Waals surface area contributed by atoms with Crippen LogP contribution in [0.2, 0.25) is 0 Å². The van der Waals surface area contributed by atoms with Crippen LogP contribution in [0.25, 0.3) is 0 Å². The Labute approximate surface area is 117 Å². The molecule has 108 valence electrons. The fourth-order valence-electron chi connectivity index (χ4n) is 2.10. The van der Waals surface area contributed by atoms with Crippen LogP contribution in [0.1, 0.15) is 10.4 Å². The summed E-state index contributed by atoms with van der Waals surface area (Å²) in [5, 5.41) is 0. The Hall–Kier alpha value is -2.08. The number of carbonyl (C=O) groups excluding carboxylic acids is 2. The molecule has 1 aromatic rings. The van der Waals surface area contributed by atoms with Crippen molar-refractivity contribution >= 4 is 11.9 Å². The first-order valence-corrected chi connectivity index (χ1v) is 6.29. The maximum absolute atomic E-state index is 12.5. The molecule has 1 fully saturated rings. The fraction of sp³-hybridized carbons (Fsp3) is 0.429. The van der Waals surface area contributed by atoms with Crippen LogP contribution in [0.4, 0.5) is 0 Å². The summed E-state index contributed by atoms with van der Waals surface area (Å²) in [6.45, 7) is 0.925. The molecule has 0 spiro atoms. The number of carbonyl (C=O) groups is 2. The summed E-state index contributed by atoms with van der Waals surface area (Å²) in [6.07, 6.45) is -0.729. The highest BCUT2D eigenvalue weighted by Gasteiger charge is 2.31. The number of para-hydroxylation sites is 1. The predicted octanol–water partition coefficient (Wildman–Crippen LogP) is 0.709. The molecule has 1 saturated heterocycles. The van der Waals surface area contributed by atoms with Crippen LogP contribution in [-0.4, -0.2) is 56.8 Å². The highest BCUT2D eigenvalue weighted by Crippen LogP contribution is 2.20. The molecule has 0 aromatic heterocycles. The number of morpholine rings is 1. The second kappa shape index (κ2) is 6.38. The smallest absolute Gasteiger partial charge is 0.336 e. The average molecular weight is 279 g/mol. The van der Waals surface area contributed by atoms with Gasteiger partial charge in [-0.15, -0.1) is 0 Å². The first-order chi connectivity index (χ1) is 9.67. The van der Waals surface area contributed by atoms with Crippen molar-refractivity contribution in [2.24, 2.45) is 0 Å². The van der Waals surface area contributed by atoms with E-state index in [0.29, 0.717) is 24.5 Å². The quantitative estimate of drug-likeness (QED) is 0.762. The van der Waals surface area contributed by atoms with Crippen LogP contribution in [0.3, 0.4) is 0 Å². The lowest BCUT2D eigenvalue weighted by Gasteiger charge is -2.31. The monoisotopic (exact) mass is 279 g/mol. The van der Waals surface area contributed by atoms with E-state index in [1.54, 1.807) is 29.2 Å². The van der Waals surface area contributed by atoms with E-state index in [2.05, 4.69) is 4.74 Å². The van der Waals surface area contributed by atoms with E-state index in [1.165, 1.54) is 14.2 Å². The molecule has 2 rings (SSSR count). The van der Waals surface area contributed by atoms with Gasteiger partial charge in [-0.2, -0.15) is 0 Å². The predicted molar refractivity (Wildman–Crippen MR) is 70.7 cm³/mol. The molecule has 6 nitrogen and oxygen atoms in total. The Kier molecular flexibility index (Phi) is 4.57. The average Bonchev–Trinajstić information content (AvgIpc) is 2.53. The number of benzene rings is 1. The minimum Gasteiger partial charge on any atom is -0.496 e. The number of methoxy groups -OCH3 is 2. The summed E-state index contributed by atoms with van der Waals surface area (Å²) in [5.74, 6) is -0.138. The van der Waals surface area contributed by atoms with Crippen LogP contribution in [-0.2, 0) is 14.3 Å². The molecule has 0 aliphatic carbocycles. The van der Waals surface area contributed by atoms with Gasteiger partial charge in [0.25, 0.3) is 5.91 Å². The van der Waals surface area contributed by atoms with Gasteiger partial charge < -0.3 is 19.1 Å². The summed E-state index contributed by atoms with van der Waals surface area (Å²) < 4.78 is 15.1. The number of esters is 1. The Balaban J connectivity index is 2.14. The number of nitrogens with zero attached hydrogens (tertiary/aromatic N) is 1. The normalized spacial score (nSPS) is 18.5. The Bertz CT molecular complexity index is 502. The molecule has 6 heteroatoms.